The highest BCUT2D eigenvalue weighted by Gasteiger charge is 2.60. The molecule has 5 aromatic rings. The molecule has 248 valence electrons. The van der Waals surface area contributed by atoms with Gasteiger partial charge in [0.1, 0.15) is 18.3 Å². The van der Waals surface area contributed by atoms with Crippen molar-refractivity contribution in [3.05, 3.63) is 76.5 Å². The number of carbonyl (C=O) groups excluding carboxylic acids is 3. The number of carbonyl (C=O) groups is 3. The maximum absolute atomic E-state index is 14.1. The third kappa shape index (κ3) is 5.49. The average Bonchev–Trinajstić information content (AvgIpc) is 3.35. The van der Waals surface area contributed by atoms with Crippen LogP contribution in [-0.2, 0) is 22.3 Å². The second kappa shape index (κ2) is 11.1. The SMILES string of the molecule is CC(=O)c1cn(CC(=O)N2[C@H](C(=O)Nc3nc(C(F)(F)F)ccc3Cl)CC[C@@]3(C)C[C@@H]23)c2c(C)cc(-c3cnc4cc(C)nn4c3)cc12. The Hall–Kier alpha value is -4.78. The Morgan fingerprint density at radius 1 is 1.10 bits per heavy atom. The molecule has 1 saturated carbocycles. The number of hydrogen-bond acceptors (Lipinski definition) is 6. The van der Waals surface area contributed by atoms with Gasteiger partial charge in [0.15, 0.2) is 17.2 Å². The second-order valence-corrected chi connectivity index (χ2v) is 13.5. The Balaban J connectivity index is 1.21. The van der Waals surface area contributed by atoms with Crippen LogP contribution in [0, 0.1) is 19.3 Å². The topological polar surface area (TPSA) is 114 Å². The van der Waals surface area contributed by atoms with E-state index in [1.54, 1.807) is 26.4 Å². The number of benzene rings is 1. The zero-order valence-electron chi connectivity index (χ0n) is 26.5. The van der Waals surface area contributed by atoms with E-state index in [2.05, 4.69) is 27.3 Å². The van der Waals surface area contributed by atoms with Crippen LogP contribution in [0.1, 0.15) is 60.4 Å². The van der Waals surface area contributed by atoms with Crippen LogP contribution in [0.15, 0.2) is 48.9 Å². The third-order valence-corrected chi connectivity index (χ3v) is 9.85. The first-order valence-electron chi connectivity index (χ1n) is 15.5. The summed E-state index contributed by atoms with van der Waals surface area (Å²) in [5.41, 5.74) is 3.82. The van der Waals surface area contributed by atoms with Gasteiger partial charge in [-0.3, -0.25) is 14.4 Å². The van der Waals surface area contributed by atoms with E-state index in [-0.39, 0.29) is 34.7 Å². The van der Waals surface area contributed by atoms with Crippen LogP contribution >= 0.6 is 11.6 Å². The molecule has 1 N–H and O–H groups in total. The smallest absolute Gasteiger partial charge is 0.337 e. The molecule has 2 fully saturated rings. The van der Waals surface area contributed by atoms with Gasteiger partial charge in [-0.2, -0.15) is 18.3 Å². The van der Waals surface area contributed by atoms with Crippen LogP contribution in [0.25, 0.3) is 27.7 Å². The van der Waals surface area contributed by atoms with Crippen LogP contribution in [0.4, 0.5) is 19.0 Å². The molecule has 0 radical (unpaired) electrons. The molecule has 1 aliphatic heterocycles. The van der Waals surface area contributed by atoms with Crippen molar-refractivity contribution in [2.24, 2.45) is 5.41 Å². The van der Waals surface area contributed by atoms with Crippen LogP contribution < -0.4 is 5.32 Å². The Kier molecular flexibility index (Phi) is 7.39. The van der Waals surface area contributed by atoms with Gasteiger partial charge in [-0.25, -0.2) is 14.5 Å². The number of piperidine rings is 1. The molecule has 48 heavy (non-hydrogen) atoms. The van der Waals surface area contributed by atoms with Gasteiger partial charge >= 0.3 is 6.18 Å². The summed E-state index contributed by atoms with van der Waals surface area (Å²) in [6, 6.07) is 6.35. The Labute approximate surface area is 277 Å². The highest BCUT2D eigenvalue weighted by Crippen LogP contribution is 2.57. The second-order valence-electron chi connectivity index (χ2n) is 13.1. The van der Waals surface area contributed by atoms with E-state index >= 15 is 0 Å². The number of likely N-dealkylation sites (tertiary alicyclic amines) is 1. The van der Waals surface area contributed by atoms with E-state index in [4.69, 9.17) is 11.6 Å². The maximum atomic E-state index is 14.1. The Morgan fingerprint density at radius 3 is 2.60 bits per heavy atom. The number of aryl methyl sites for hydroxylation is 2. The molecule has 7 rings (SSSR count). The molecule has 1 aliphatic carbocycles. The van der Waals surface area contributed by atoms with Crippen molar-refractivity contribution < 1.29 is 27.6 Å². The van der Waals surface area contributed by atoms with Gasteiger partial charge in [0, 0.05) is 47.2 Å². The van der Waals surface area contributed by atoms with Crippen molar-refractivity contribution in [1.29, 1.82) is 0 Å². The fourth-order valence-corrected chi connectivity index (χ4v) is 7.15. The number of Topliss-reactive ketones (excluding diaryl/α,β-unsaturated/α-hetero) is 1. The first-order chi connectivity index (χ1) is 22.6. The summed E-state index contributed by atoms with van der Waals surface area (Å²) in [4.78, 5) is 50.2. The van der Waals surface area contributed by atoms with Crippen molar-refractivity contribution >= 4 is 51.6 Å². The van der Waals surface area contributed by atoms with Gasteiger partial charge in [-0.1, -0.05) is 18.5 Å². The Morgan fingerprint density at radius 2 is 1.88 bits per heavy atom. The van der Waals surface area contributed by atoms with Crippen LogP contribution in [0.5, 0.6) is 0 Å². The number of aromatic nitrogens is 5. The number of amides is 2. The molecule has 0 spiro atoms. The van der Waals surface area contributed by atoms with Gasteiger partial charge in [0.05, 0.1) is 16.2 Å². The lowest BCUT2D eigenvalue weighted by Gasteiger charge is -2.37. The van der Waals surface area contributed by atoms with E-state index in [1.165, 1.54) is 6.92 Å². The number of fused-ring (bicyclic) bond motifs is 3. The first-order valence-corrected chi connectivity index (χ1v) is 15.8. The molecular formula is C34H31ClF3N7O3. The number of hydrogen-bond donors (Lipinski definition) is 1. The predicted octanol–water partition coefficient (Wildman–Crippen LogP) is 6.65. The standard InChI is InChI=1S/C34H31ClF3N7O3/c1-17-9-20(21-13-39-28-10-18(2)42-44(28)14-21)11-22-23(19(3)46)15-43(30(17)22)16-29(47)45-25(7-8-33(4)12-27(33)45)32(48)41-31-24(35)5-6-26(40-31)34(36,37)38/h5-6,9-11,13-15,25,27H,7-8,12,16H2,1-4H3,(H,40,41,48)/t25-,27+,33-/m0/s1. The molecule has 2 aliphatic rings. The number of rotatable bonds is 6. The van der Waals surface area contributed by atoms with Crippen molar-refractivity contribution in [3.8, 4) is 11.1 Å². The van der Waals surface area contributed by atoms with Crippen LogP contribution in [0.3, 0.4) is 0 Å². The normalized spacial score (nSPS) is 20.6. The summed E-state index contributed by atoms with van der Waals surface area (Å²) < 4.78 is 43.4. The number of halogens is 4. The highest BCUT2D eigenvalue weighted by atomic mass is 35.5. The van der Waals surface area contributed by atoms with Gasteiger partial charge in [-0.15, -0.1) is 0 Å². The van der Waals surface area contributed by atoms with Gasteiger partial charge in [0.2, 0.25) is 11.8 Å². The number of alkyl halides is 3. The minimum atomic E-state index is -4.73. The predicted molar refractivity (Wildman–Crippen MR) is 173 cm³/mol. The minimum Gasteiger partial charge on any atom is -0.337 e. The van der Waals surface area contributed by atoms with E-state index in [0.717, 1.165) is 34.5 Å². The quantitative estimate of drug-likeness (QED) is 0.202. The van der Waals surface area contributed by atoms with Crippen LogP contribution in [0.2, 0.25) is 5.02 Å². The largest absolute Gasteiger partial charge is 0.433 e. The van der Waals surface area contributed by atoms with Crippen molar-refractivity contribution in [3.63, 3.8) is 0 Å². The Bertz CT molecular complexity index is 2170. The lowest BCUT2D eigenvalue weighted by molar-refractivity contribution is -0.142. The lowest BCUT2D eigenvalue weighted by atomic mass is 9.92. The van der Waals surface area contributed by atoms with E-state index < -0.39 is 29.6 Å². The van der Waals surface area contributed by atoms with Crippen molar-refractivity contribution in [2.75, 3.05) is 5.32 Å². The fraction of sp³-hybridized carbons (Fsp3) is 0.353. The molecule has 2 amide bonds. The molecule has 4 aromatic heterocycles. The lowest BCUT2D eigenvalue weighted by Crippen LogP contribution is -2.53. The summed E-state index contributed by atoms with van der Waals surface area (Å²) in [5.74, 6) is -1.59. The zero-order valence-corrected chi connectivity index (χ0v) is 27.3. The monoisotopic (exact) mass is 677 g/mol. The van der Waals surface area contributed by atoms with Gasteiger partial charge < -0.3 is 14.8 Å². The molecule has 0 bridgehead atoms. The average molecular weight is 678 g/mol. The minimum absolute atomic E-state index is 0.150. The zero-order chi connectivity index (χ0) is 34.3. The maximum Gasteiger partial charge on any atom is 0.433 e. The number of nitrogens with one attached hydrogen (secondary N) is 1. The summed E-state index contributed by atoms with van der Waals surface area (Å²) in [5, 5.41) is 7.43. The summed E-state index contributed by atoms with van der Waals surface area (Å²) in [7, 11) is 0. The summed E-state index contributed by atoms with van der Waals surface area (Å²) >= 11 is 6.11. The van der Waals surface area contributed by atoms with E-state index in [9.17, 15) is 27.6 Å². The highest BCUT2D eigenvalue weighted by molar-refractivity contribution is 6.33. The fourth-order valence-electron chi connectivity index (χ4n) is 7.00. The molecule has 10 nitrogen and oxygen atoms in total. The number of nitrogens with zero attached hydrogens (tertiary/aromatic N) is 6. The molecule has 3 atom stereocenters. The van der Waals surface area contributed by atoms with Crippen molar-refractivity contribution in [1.82, 2.24) is 29.0 Å². The molecule has 0 unspecified atom stereocenters. The van der Waals surface area contributed by atoms with Crippen LogP contribution in [-0.4, -0.2) is 58.7 Å². The number of ketones is 1. The van der Waals surface area contributed by atoms with Gasteiger partial charge in [-0.05, 0) is 80.8 Å². The summed E-state index contributed by atoms with van der Waals surface area (Å²) in [6.45, 7) is 7.17. The third-order valence-electron chi connectivity index (χ3n) is 9.55. The number of anilines is 1. The first kappa shape index (κ1) is 31.8. The van der Waals surface area contributed by atoms with Crippen molar-refractivity contribution in [2.45, 2.75) is 71.8 Å². The molecule has 1 saturated heterocycles. The van der Waals surface area contributed by atoms with E-state index in [1.807, 2.05) is 38.2 Å². The number of pyridine rings is 1. The van der Waals surface area contributed by atoms with Gasteiger partial charge in [0.25, 0.3) is 0 Å². The van der Waals surface area contributed by atoms with E-state index in [0.29, 0.717) is 41.4 Å². The molecule has 1 aromatic carbocycles. The summed E-state index contributed by atoms with van der Waals surface area (Å²) in [6.07, 6.45) is 2.26. The molecule has 14 heteroatoms. The molecule has 5 heterocycles. The molecular weight excluding hydrogens is 647 g/mol.